The fourth-order valence-electron chi connectivity index (χ4n) is 2.62. The number of aliphatic imine (C=N–C) groups is 1. The quantitative estimate of drug-likeness (QED) is 0.844. The number of amides is 1. The van der Waals surface area contributed by atoms with E-state index in [-0.39, 0.29) is 11.4 Å². The van der Waals surface area contributed by atoms with Crippen molar-refractivity contribution in [2.45, 2.75) is 6.92 Å². The van der Waals surface area contributed by atoms with Gasteiger partial charge in [0.05, 0.1) is 5.57 Å². The Labute approximate surface area is 149 Å². The number of nitrogens with one attached hydrogen (secondary N) is 1. The zero-order chi connectivity index (χ0) is 17.4. The molecule has 2 aliphatic heterocycles. The molecule has 2 aliphatic rings. The first-order chi connectivity index (χ1) is 12.1. The lowest BCUT2D eigenvalue weighted by molar-refractivity contribution is -0.114. The molecule has 0 fully saturated rings. The van der Waals surface area contributed by atoms with Crippen LogP contribution in [-0.4, -0.2) is 27.0 Å². The summed E-state index contributed by atoms with van der Waals surface area (Å²) >= 11 is 1.30. The number of fused-ring (bicyclic) bond motifs is 1. The number of aryl methyl sites for hydroxylation is 1. The van der Waals surface area contributed by atoms with Crippen LogP contribution in [-0.2, 0) is 4.79 Å². The molecule has 25 heavy (non-hydrogen) atoms. The van der Waals surface area contributed by atoms with Crippen LogP contribution in [0.25, 0.3) is 6.08 Å². The Bertz CT molecular complexity index is 976. The second kappa shape index (κ2) is 6.14. The first-order valence-corrected chi connectivity index (χ1v) is 8.56. The average molecular weight is 346 g/mol. The van der Waals surface area contributed by atoms with E-state index < -0.39 is 5.91 Å². The lowest BCUT2D eigenvalue weighted by Crippen LogP contribution is -2.35. The largest absolute Gasteiger partial charge is 0.283 e. The molecule has 0 atom stereocenters. The molecule has 6 heteroatoms. The highest BCUT2D eigenvalue weighted by Gasteiger charge is 2.35. The molecule has 0 radical (unpaired) electrons. The first kappa shape index (κ1) is 15.5. The second-order valence-corrected chi connectivity index (χ2v) is 6.66. The third-order valence-corrected chi connectivity index (χ3v) is 4.79. The molecule has 0 saturated heterocycles. The molecule has 0 saturated carbocycles. The number of hydrogen-bond acceptors (Lipinski definition) is 4. The third-order valence-electron chi connectivity index (χ3n) is 3.83. The van der Waals surface area contributed by atoms with E-state index >= 15 is 0 Å². The highest BCUT2D eigenvalue weighted by atomic mass is 32.2. The molecule has 0 bridgehead atoms. The Kier molecular flexibility index (Phi) is 3.82. The van der Waals surface area contributed by atoms with Gasteiger partial charge in [-0.15, -0.1) is 0 Å². The van der Waals surface area contributed by atoms with Gasteiger partial charge in [0.15, 0.2) is 5.84 Å². The Morgan fingerprint density at radius 2 is 1.92 bits per heavy atom. The summed E-state index contributed by atoms with van der Waals surface area (Å²) in [5, 5.41) is 15.4. The fourth-order valence-corrected chi connectivity index (χ4v) is 3.51. The van der Waals surface area contributed by atoms with Crippen molar-refractivity contribution in [3.8, 4) is 0 Å². The van der Waals surface area contributed by atoms with Crippen LogP contribution in [0.1, 0.15) is 16.7 Å². The van der Waals surface area contributed by atoms with Gasteiger partial charge in [0.25, 0.3) is 5.91 Å². The summed E-state index contributed by atoms with van der Waals surface area (Å²) in [6, 6.07) is 17.4. The number of carbonyl (C=O) groups is 1. The molecule has 1 amide bonds. The van der Waals surface area contributed by atoms with E-state index in [1.807, 2.05) is 61.5 Å². The number of hydrazone groups is 1. The monoisotopic (exact) mass is 346 g/mol. The van der Waals surface area contributed by atoms with Crippen LogP contribution in [0.4, 0.5) is 0 Å². The van der Waals surface area contributed by atoms with Gasteiger partial charge in [-0.3, -0.25) is 10.2 Å². The van der Waals surface area contributed by atoms with Gasteiger partial charge in [0, 0.05) is 5.56 Å². The summed E-state index contributed by atoms with van der Waals surface area (Å²) in [4.78, 5) is 16.5. The predicted molar refractivity (Wildman–Crippen MR) is 102 cm³/mol. The SMILES string of the molecule is Cc1cccc(C=C2C(=N)N3N=C(c4ccccc4)SC3=NC2=O)c1. The van der Waals surface area contributed by atoms with E-state index in [0.29, 0.717) is 5.17 Å². The number of rotatable bonds is 2. The topological polar surface area (TPSA) is 68.9 Å². The van der Waals surface area contributed by atoms with Crippen molar-refractivity contribution in [3.63, 3.8) is 0 Å². The number of amidine groups is 2. The Morgan fingerprint density at radius 3 is 2.68 bits per heavy atom. The van der Waals surface area contributed by atoms with Gasteiger partial charge in [0.2, 0.25) is 5.17 Å². The van der Waals surface area contributed by atoms with E-state index in [4.69, 9.17) is 5.41 Å². The van der Waals surface area contributed by atoms with Crippen LogP contribution in [0.2, 0.25) is 0 Å². The molecule has 1 N–H and O–H groups in total. The minimum Gasteiger partial charge on any atom is -0.282 e. The minimum absolute atomic E-state index is 0.0509. The summed E-state index contributed by atoms with van der Waals surface area (Å²) in [7, 11) is 0. The van der Waals surface area contributed by atoms with E-state index in [0.717, 1.165) is 21.7 Å². The maximum absolute atomic E-state index is 12.4. The summed E-state index contributed by atoms with van der Waals surface area (Å²) in [5.41, 5.74) is 3.14. The summed E-state index contributed by atoms with van der Waals surface area (Å²) in [6.45, 7) is 1.99. The molecule has 5 nitrogen and oxygen atoms in total. The molecule has 0 spiro atoms. The fraction of sp³-hybridized carbons (Fsp3) is 0.0526. The summed E-state index contributed by atoms with van der Waals surface area (Å²) in [6.07, 6.45) is 1.69. The summed E-state index contributed by atoms with van der Waals surface area (Å²) in [5.74, 6) is -0.357. The van der Waals surface area contributed by atoms with Crippen molar-refractivity contribution in [2.75, 3.05) is 0 Å². The first-order valence-electron chi connectivity index (χ1n) is 7.74. The summed E-state index contributed by atoms with van der Waals surface area (Å²) < 4.78 is 0. The van der Waals surface area contributed by atoms with Gasteiger partial charge in [-0.2, -0.15) is 15.1 Å². The Morgan fingerprint density at radius 1 is 1.12 bits per heavy atom. The van der Waals surface area contributed by atoms with E-state index in [1.165, 1.54) is 16.8 Å². The smallest absolute Gasteiger partial charge is 0.282 e. The normalized spacial score (nSPS) is 18.3. The van der Waals surface area contributed by atoms with Gasteiger partial charge in [-0.1, -0.05) is 60.2 Å². The molecular formula is C19H14N4OS. The van der Waals surface area contributed by atoms with Crippen molar-refractivity contribution in [1.29, 1.82) is 5.41 Å². The maximum Gasteiger partial charge on any atom is 0.283 e. The number of thioether (sulfide) groups is 1. The van der Waals surface area contributed by atoms with Crippen LogP contribution >= 0.6 is 11.8 Å². The molecule has 0 unspecified atom stereocenters. The average Bonchev–Trinajstić information content (AvgIpc) is 3.04. The zero-order valence-corrected chi connectivity index (χ0v) is 14.2. The van der Waals surface area contributed by atoms with Crippen LogP contribution in [0.5, 0.6) is 0 Å². The predicted octanol–water partition coefficient (Wildman–Crippen LogP) is 3.66. The standard InChI is InChI=1S/C19H14N4OS/c1-12-6-5-7-13(10-12)11-15-16(20)23-19(21-17(15)24)25-18(22-23)14-8-3-2-4-9-14/h2-11,20H,1H3. The maximum atomic E-state index is 12.4. The molecule has 122 valence electrons. The molecular weight excluding hydrogens is 332 g/mol. The van der Waals surface area contributed by atoms with Gasteiger partial charge >= 0.3 is 0 Å². The van der Waals surface area contributed by atoms with Crippen molar-refractivity contribution in [1.82, 2.24) is 5.01 Å². The van der Waals surface area contributed by atoms with Crippen molar-refractivity contribution < 1.29 is 4.79 Å². The molecule has 2 heterocycles. The van der Waals surface area contributed by atoms with Crippen LogP contribution < -0.4 is 0 Å². The molecule has 2 aromatic rings. The lowest BCUT2D eigenvalue weighted by atomic mass is 10.1. The lowest BCUT2D eigenvalue weighted by Gasteiger charge is -2.20. The van der Waals surface area contributed by atoms with E-state index in [9.17, 15) is 4.79 Å². The highest BCUT2D eigenvalue weighted by Crippen LogP contribution is 2.30. The number of carbonyl (C=O) groups excluding carboxylic acids is 1. The molecule has 4 rings (SSSR count). The zero-order valence-electron chi connectivity index (χ0n) is 13.4. The number of nitrogens with zero attached hydrogens (tertiary/aromatic N) is 3. The molecule has 0 aliphatic carbocycles. The van der Waals surface area contributed by atoms with Crippen LogP contribution in [0.15, 0.2) is 70.3 Å². The highest BCUT2D eigenvalue weighted by molar-refractivity contribution is 8.27. The second-order valence-electron chi connectivity index (χ2n) is 5.71. The Balaban J connectivity index is 1.71. The van der Waals surface area contributed by atoms with Gasteiger partial charge in [-0.05, 0) is 30.3 Å². The van der Waals surface area contributed by atoms with E-state index in [1.54, 1.807) is 6.08 Å². The van der Waals surface area contributed by atoms with Crippen molar-refractivity contribution in [3.05, 3.63) is 76.9 Å². The minimum atomic E-state index is -0.408. The van der Waals surface area contributed by atoms with Crippen molar-refractivity contribution >= 4 is 39.8 Å². The molecule has 0 aromatic heterocycles. The third kappa shape index (κ3) is 2.92. The number of benzene rings is 2. The van der Waals surface area contributed by atoms with Crippen LogP contribution in [0, 0.1) is 12.3 Å². The van der Waals surface area contributed by atoms with Gasteiger partial charge in [-0.25, -0.2) is 0 Å². The van der Waals surface area contributed by atoms with Gasteiger partial charge < -0.3 is 0 Å². The number of hydrogen-bond donors (Lipinski definition) is 1. The van der Waals surface area contributed by atoms with Crippen LogP contribution in [0.3, 0.4) is 0 Å². The van der Waals surface area contributed by atoms with Gasteiger partial charge in [0.1, 0.15) is 5.04 Å². The van der Waals surface area contributed by atoms with Crippen molar-refractivity contribution in [2.24, 2.45) is 10.1 Å². The Hall–Kier alpha value is -2.99. The molecule has 2 aromatic carbocycles. The van der Waals surface area contributed by atoms with E-state index in [2.05, 4.69) is 10.1 Å².